The third-order valence-corrected chi connectivity index (χ3v) is 6.41. The molecule has 26 heavy (non-hydrogen) atoms. The molecule has 1 fully saturated rings. The summed E-state index contributed by atoms with van der Waals surface area (Å²) in [6, 6.07) is 10.2. The number of benzene rings is 1. The van der Waals surface area contributed by atoms with Crippen molar-refractivity contribution in [2.75, 3.05) is 19.6 Å². The zero-order valence-electron chi connectivity index (χ0n) is 15.9. The van der Waals surface area contributed by atoms with Gasteiger partial charge in [-0.1, -0.05) is 51.1 Å². The van der Waals surface area contributed by atoms with E-state index in [1.807, 2.05) is 18.2 Å². The minimum Gasteiger partial charge on any atom is -0.339 e. The molecule has 2 aromatic rings. The Morgan fingerprint density at radius 2 is 1.88 bits per heavy atom. The Balaban J connectivity index is 1.86. The number of sulfonamides is 1. The van der Waals surface area contributed by atoms with E-state index in [-0.39, 0.29) is 22.4 Å². The molecule has 7 heteroatoms. The maximum absolute atomic E-state index is 13.0. The normalized spacial score (nSPS) is 22.0. The second-order valence-electron chi connectivity index (χ2n) is 8.26. The molecule has 0 unspecified atom stereocenters. The van der Waals surface area contributed by atoms with Crippen LogP contribution in [0.1, 0.15) is 32.3 Å². The summed E-state index contributed by atoms with van der Waals surface area (Å²) in [7, 11) is -1.81. The first-order valence-corrected chi connectivity index (χ1v) is 10.4. The predicted molar refractivity (Wildman–Crippen MR) is 102 cm³/mol. The van der Waals surface area contributed by atoms with Crippen LogP contribution in [-0.4, -0.2) is 48.0 Å². The van der Waals surface area contributed by atoms with Gasteiger partial charge in [0.05, 0.1) is 6.33 Å². The lowest BCUT2D eigenvalue weighted by molar-refractivity contribution is 0.344. The smallest absolute Gasteiger partial charge is 0.262 e. The number of aryl methyl sites for hydroxylation is 1. The summed E-state index contributed by atoms with van der Waals surface area (Å²) < 4.78 is 29.2. The Hall–Kier alpha value is -1.70. The molecule has 1 aromatic carbocycles. The van der Waals surface area contributed by atoms with Gasteiger partial charge in [-0.15, -0.1) is 0 Å². The van der Waals surface area contributed by atoms with Crippen molar-refractivity contribution in [3.63, 3.8) is 0 Å². The number of hydrogen-bond donors (Lipinski definition) is 1. The quantitative estimate of drug-likeness (QED) is 0.869. The summed E-state index contributed by atoms with van der Waals surface area (Å²) in [4.78, 5) is 4.05. The molecule has 0 saturated carbocycles. The molecule has 142 valence electrons. The van der Waals surface area contributed by atoms with Crippen LogP contribution in [0, 0.1) is 5.41 Å². The van der Waals surface area contributed by atoms with E-state index in [0.717, 1.165) is 12.1 Å². The van der Waals surface area contributed by atoms with Crippen molar-refractivity contribution in [1.29, 1.82) is 0 Å². The van der Waals surface area contributed by atoms with Gasteiger partial charge in [0.15, 0.2) is 5.03 Å². The van der Waals surface area contributed by atoms with Gasteiger partial charge in [-0.05, 0) is 11.0 Å². The van der Waals surface area contributed by atoms with E-state index in [1.165, 1.54) is 6.33 Å². The van der Waals surface area contributed by atoms with Crippen LogP contribution >= 0.6 is 0 Å². The van der Waals surface area contributed by atoms with Gasteiger partial charge in [-0.2, -0.15) is 4.31 Å². The van der Waals surface area contributed by atoms with Crippen LogP contribution in [0.4, 0.5) is 0 Å². The Bertz CT molecular complexity index is 840. The van der Waals surface area contributed by atoms with Crippen LogP contribution in [0.15, 0.2) is 47.9 Å². The average Bonchev–Trinajstić information content (AvgIpc) is 3.20. The maximum Gasteiger partial charge on any atom is 0.262 e. The van der Waals surface area contributed by atoms with E-state index in [9.17, 15) is 8.42 Å². The van der Waals surface area contributed by atoms with Crippen LogP contribution in [0.2, 0.25) is 0 Å². The molecular weight excluding hydrogens is 348 g/mol. The minimum absolute atomic E-state index is 0.0788. The van der Waals surface area contributed by atoms with E-state index in [0.29, 0.717) is 13.1 Å². The predicted octanol–water partition coefficient (Wildman–Crippen LogP) is 2.21. The molecule has 0 radical (unpaired) electrons. The van der Waals surface area contributed by atoms with Gasteiger partial charge in [-0.25, -0.2) is 13.4 Å². The molecule has 1 saturated heterocycles. The van der Waals surface area contributed by atoms with Crippen LogP contribution in [-0.2, 0) is 17.1 Å². The van der Waals surface area contributed by atoms with E-state index < -0.39 is 10.0 Å². The summed E-state index contributed by atoms with van der Waals surface area (Å²) in [6.07, 6.45) is 3.08. The molecule has 1 aliphatic heterocycles. The first-order valence-electron chi connectivity index (χ1n) is 8.93. The van der Waals surface area contributed by atoms with Crippen molar-refractivity contribution in [1.82, 2.24) is 19.2 Å². The highest BCUT2D eigenvalue weighted by Crippen LogP contribution is 2.31. The van der Waals surface area contributed by atoms with Crippen LogP contribution < -0.4 is 5.32 Å². The number of nitrogens with zero attached hydrogens (tertiary/aromatic N) is 3. The first kappa shape index (κ1) is 19.1. The molecule has 1 aromatic heterocycles. The highest BCUT2D eigenvalue weighted by Gasteiger charge is 2.40. The molecule has 1 aliphatic rings. The van der Waals surface area contributed by atoms with Crippen molar-refractivity contribution in [2.24, 2.45) is 12.5 Å². The summed E-state index contributed by atoms with van der Waals surface area (Å²) in [5, 5.41) is 3.71. The number of hydrogen-bond acceptors (Lipinski definition) is 4. The maximum atomic E-state index is 13.0. The molecule has 0 aliphatic carbocycles. The summed E-state index contributed by atoms with van der Waals surface area (Å²) >= 11 is 0. The summed E-state index contributed by atoms with van der Waals surface area (Å²) in [6.45, 7) is 8.27. The van der Waals surface area contributed by atoms with Gasteiger partial charge in [0.2, 0.25) is 0 Å². The van der Waals surface area contributed by atoms with E-state index in [1.54, 1.807) is 22.1 Å². The monoisotopic (exact) mass is 376 g/mol. The van der Waals surface area contributed by atoms with Crippen molar-refractivity contribution < 1.29 is 8.42 Å². The molecule has 3 rings (SSSR count). The van der Waals surface area contributed by atoms with Crippen molar-refractivity contribution in [3.05, 3.63) is 48.4 Å². The third kappa shape index (κ3) is 4.16. The number of imidazole rings is 1. The summed E-state index contributed by atoms with van der Waals surface area (Å²) in [5.41, 5.74) is 1.30. The molecule has 1 N–H and O–H groups in total. The number of aromatic nitrogens is 2. The lowest BCUT2D eigenvalue weighted by Gasteiger charge is -2.25. The first-order chi connectivity index (χ1) is 12.2. The second-order valence-corrected chi connectivity index (χ2v) is 10.1. The van der Waals surface area contributed by atoms with Gasteiger partial charge >= 0.3 is 0 Å². The molecule has 2 heterocycles. The SMILES string of the molecule is Cn1cnc(S(=O)(=O)N2C[C@H](NCC(C)(C)C)[C@@H](c3ccccc3)C2)c1. The second kappa shape index (κ2) is 7.13. The average molecular weight is 377 g/mol. The standard InChI is InChI=1S/C19H28N4O2S/c1-19(2,3)13-20-17-11-23(10-16(17)15-8-6-5-7-9-15)26(24,25)18-12-22(4)14-21-18/h5-9,12,14,16-17,20H,10-11,13H2,1-4H3/t16-,17+/m1/s1. The van der Waals surface area contributed by atoms with Gasteiger partial charge in [0.1, 0.15) is 0 Å². The fraction of sp³-hybridized carbons (Fsp3) is 0.526. The fourth-order valence-electron chi connectivity index (χ4n) is 3.30. The zero-order valence-corrected chi connectivity index (χ0v) is 16.7. The molecule has 0 amide bonds. The van der Waals surface area contributed by atoms with Crippen molar-refractivity contribution in [3.8, 4) is 0 Å². The van der Waals surface area contributed by atoms with Gasteiger partial charge in [0, 0.05) is 44.8 Å². The van der Waals surface area contributed by atoms with E-state index >= 15 is 0 Å². The molecule has 2 atom stereocenters. The molecular formula is C19H28N4O2S. The number of nitrogens with one attached hydrogen (secondary N) is 1. The Labute approximate surface area is 156 Å². The third-order valence-electron chi connectivity index (χ3n) is 4.69. The lowest BCUT2D eigenvalue weighted by atomic mass is 9.92. The molecule has 6 nitrogen and oxygen atoms in total. The zero-order chi connectivity index (χ0) is 18.9. The Morgan fingerprint density at radius 1 is 1.19 bits per heavy atom. The van der Waals surface area contributed by atoms with Crippen LogP contribution in [0.5, 0.6) is 0 Å². The van der Waals surface area contributed by atoms with Crippen LogP contribution in [0.3, 0.4) is 0 Å². The minimum atomic E-state index is -3.58. The van der Waals surface area contributed by atoms with Gasteiger partial charge in [-0.3, -0.25) is 0 Å². The van der Waals surface area contributed by atoms with Crippen molar-refractivity contribution >= 4 is 10.0 Å². The molecule has 0 bridgehead atoms. The topological polar surface area (TPSA) is 67.2 Å². The van der Waals surface area contributed by atoms with E-state index in [2.05, 4.69) is 43.2 Å². The number of rotatable bonds is 5. The largest absolute Gasteiger partial charge is 0.339 e. The van der Waals surface area contributed by atoms with Crippen LogP contribution in [0.25, 0.3) is 0 Å². The molecule has 0 spiro atoms. The highest BCUT2D eigenvalue weighted by atomic mass is 32.2. The highest BCUT2D eigenvalue weighted by molar-refractivity contribution is 7.89. The summed E-state index contributed by atoms with van der Waals surface area (Å²) in [5.74, 6) is 0.122. The van der Waals surface area contributed by atoms with Gasteiger partial charge in [0.25, 0.3) is 10.0 Å². The van der Waals surface area contributed by atoms with Crippen molar-refractivity contribution in [2.45, 2.75) is 37.8 Å². The Kier molecular flexibility index (Phi) is 5.23. The fourth-order valence-corrected chi connectivity index (χ4v) is 4.76. The van der Waals surface area contributed by atoms with E-state index in [4.69, 9.17) is 0 Å². The van der Waals surface area contributed by atoms with Gasteiger partial charge < -0.3 is 9.88 Å². The lowest BCUT2D eigenvalue weighted by Crippen LogP contribution is -2.40. The Morgan fingerprint density at radius 3 is 2.46 bits per heavy atom.